The molecule has 0 amide bonds. The predicted molar refractivity (Wildman–Crippen MR) is 48.4 cm³/mol. The number of benzene rings is 1. The summed E-state index contributed by atoms with van der Waals surface area (Å²) in [6.45, 7) is 1.79. The summed E-state index contributed by atoms with van der Waals surface area (Å²) in [5.41, 5.74) is 0.542. The van der Waals surface area contributed by atoms with Gasteiger partial charge in [0.15, 0.2) is 0 Å². The summed E-state index contributed by atoms with van der Waals surface area (Å²) >= 11 is 0. The largest absolute Gasteiger partial charge is 0.288 e. The first-order valence-electron chi connectivity index (χ1n) is 4.01. The molecule has 0 aliphatic rings. The Labute approximate surface area is 82.2 Å². The van der Waals surface area contributed by atoms with E-state index >= 15 is 0 Å². The van der Waals surface area contributed by atoms with Gasteiger partial charge >= 0.3 is 0 Å². The van der Waals surface area contributed by atoms with Crippen molar-refractivity contribution < 1.29 is 18.8 Å². The number of nitrogens with zero attached hydrogens (tertiary/aromatic N) is 1. The summed E-state index contributed by atoms with van der Waals surface area (Å²) in [6.07, 6.45) is 0.503. The Hall–Kier alpha value is -0.950. The van der Waals surface area contributed by atoms with Crippen molar-refractivity contribution in [2.75, 3.05) is 0 Å². The number of rotatable bonds is 3. The van der Waals surface area contributed by atoms with Crippen molar-refractivity contribution in [2.45, 2.75) is 18.2 Å². The van der Waals surface area contributed by atoms with Crippen LogP contribution in [0.2, 0.25) is 0 Å². The van der Waals surface area contributed by atoms with E-state index in [4.69, 9.17) is 10.4 Å². The molecule has 0 saturated heterocycles. The molecule has 0 atom stereocenters. The van der Waals surface area contributed by atoms with Crippen LogP contribution in [0, 0.1) is 0 Å². The molecule has 14 heavy (non-hydrogen) atoms. The van der Waals surface area contributed by atoms with E-state index in [1.807, 2.05) is 0 Å². The minimum absolute atomic E-state index is 0.0903. The lowest BCUT2D eigenvalue weighted by molar-refractivity contribution is -0.226. The minimum Gasteiger partial charge on any atom is -0.276 e. The minimum atomic E-state index is -4.18. The molecule has 0 aromatic heterocycles. The summed E-state index contributed by atoms with van der Waals surface area (Å²) in [4.78, 5) is -0.0903. The van der Waals surface area contributed by atoms with Crippen molar-refractivity contribution in [1.29, 1.82) is 0 Å². The van der Waals surface area contributed by atoms with E-state index in [1.54, 1.807) is 19.1 Å². The Kier molecular flexibility index (Phi) is 3.22. The Morgan fingerprint density at radius 2 is 1.86 bits per heavy atom. The van der Waals surface area contributed by atoms with Crippen LogP contribution in [0.25, 0.3) is 0 Å². The van der Waals surface area contributed by atoms with E-state index in [1.165, 1.54) is 12.1 Å². The van der Waals surface area contributed by atoms with E-state index in [0.29, 0.717) is 12.0 Å². The summed E-state index contributed by atoms with van der Waals surface area (Å²) in [6, 6.07) is 6.16. The maximum atomic E-state index is 11.3. The Balaban J connectivity index is 3.32. The Morgan fingerprint density at radius 1 is 1.29 bits per heavy atom. The van der Waals surface area contributed by atoms with Crippen molar-refractivity contribution in [3.05, 3.63) is 29.8 Å². The molecule has 0 spiro atoms. The second-order valence-corrected chi connectivity index (χ2v) is 4.41. The van der Waals surface area contributed by atoms with Gasteiger partial charge in [0.25, 0.3) is 10.0 Å². The summed E-state index contributed by atoms with van der Waals surface area (Å²) in [5.74, 6) is 0. The second-order valence-electron chi connectivity index (χ2n) is 2.69. The highest BCUT2D eigenvalue weighted by Crippen LogP contribution is 2.18. The lowest BCUT2D eigenvalue weighted by atomic mass is 10.2. The van der Waals surface area contributed by atoms with E-state index < -0.39 is 14.7 Å². The molecule has 5 nitrogen and oxygen atoms in total. The first-order valence-corrected chi connectivity index (χ1v) is 5.45. The van der Waals surface area contributed by atoms with E-state index in [9.17, 15) is 8.42 Å². The monoisotopic (exact) mass is 217 g/mol. The SMILES string of the molecule is CCc1ccccc1S(=O)(=O)N(O)O. The maximum Gasteiger partial charge on any atom is 0.288 e. The highest BCUT2D eigenvalue weighted by Gasteiger charge is 2.23. The van der Waals surface area contributed by atoms with Crippen molar-refractivity contribution in [3.8, 4) is 0 Å². The molecule has 0 radical (unpaired) electrons. The van der Waals surface area contributed by atoms with Crippen molar-refractivity contribution in [3.63, 3.8) is 0 Å². The highest BCUT2D eigenvalue weighted by atomic mass is 32.2. The van der Waals surface area contributed by atoms with Gasteiger partial charge in [-0.15, -0.1) is 0 Å². The van der Waals surface area contributed by atoms with Crippen LogP contribution in [0.5, 0.6) is 0 Å². The number of aryl methyl sites for hydroxylation is 1. The number of sulfonamides is 1. The fraction of sp³-hybridized carbons (Fsp3) is 0.250. The van der Waals surface area contributed by atoms with Gasteiger partial charge in [-0.2, -0.15) is 0 Å². The fourth-order valence-electron chi connectivity index (χ4n) is 1.14. The molecular weight excluding hydrogens is 206 g/mol. The van der Waals surface area contributed by atoms with Gasteiger partial charge < -0.3 is 0 Å². The van der Waals surface area contributed by atoms with Crippen LogP contribution in [0.15, 0.2) is 29.2 Å². The predicted octanol–water partition coefficient (Wildman–Crippen LogP) is 1.02. The van der Waals surface area contributed by atoms with Crippen molar-refractivity contribution >= 4 is 10.0 Å². The van der Waals surface area contributed by atoms with Gasteiger partial charge in [-0.3, -0.25) is 10.4 Å². The zero-order chi connectivity index (χ0) is 10.8. The van der Waals surface area contributed by atoms with E-state index in [0.717, 1.165) is 0 Å². The van der Waals surface area contributed by atoms with Crippen LogP contribution in [0.4, 0.5) is 0 Å². The third kappa shape index (κ3) is 1.93. The first-order chi connectivity index (χ1) is 6.50. The molecule has 1 rings (SSSR count). The molecule has 0 saturated carbocycles. The molecule has 0 bridgehead atoms. The lowest BCUT2D eigenvalue weighted by Crippen LogP contribution is -2.24. The second kappa shape index (κ2) is 4.05. The average Bonchev–Trinajstić information content (AvgIpc) is 2.17. The summed E-state index contributed by atoms with van der Waals surface area (Å²) < 4.78 is 21.9. The van der Waals surface area contributed by atoms with Gasteiger partial charge in [0, 0.05) is 0 Å². The van der Waals surface area contributed by atoms with Crippen LogP contribution in [0.3, 0.4) is 0 Å². The molecule has 6 heteroatoms. The van der Waals surface area contributed by atoms with Gasteiger partial charge in [0.1, 0.15) is 0 Å². The molecule has 0 heterocycles. The Bertz CT molecular complexity index is 413. The van der Waals surface area contributed by atoms with Crippen LogP contribution < -0.4 is 0 Å². The van der Waals surface area contributed by atoms with Crippen LogP contribution in [-0.4, -0.2) is 23.5 Å². The number of hydrogen-bond donors (Lipinski definition) is 2. The molecule has 0 aliphatic heterocycles. The van der Waals surface area contributed by atoms with Crippen LogP contribution in [0.1, 0.15) is 12.5 Å². The smallest absolute Gasteiger partial charge is 0.276 e. The quantitative estimate of drug-likeness (QED) is 0.741. The molecule has 1 aromatic carbocycles. The molecule has 1 aromatic rings. The van der Waals surface area contributed by atoms with Crippen molar-refractivity contribution in [2.24, 2.45) is 0 Å². The third-order valence-corrected chi connectivity index (χ3v) is 3.23. The average molecular weight is 217 g/mol. The fourth-order valence-corrected chi connectivity index (χ4v) is 2.11. The van der Waals surface area contributed by atoms with Gasteiger partial charge in [-0.05, 0) is 18.1 Å². The topological polar surface area (TPSA) is 77.8 Å². The molecule has 0 aliphatic carbocycles. The zero-order valence-electron chi connectivity index (χ0n) is 7.58. The lowest BCUT2D eigenvalue weighted by Gasteiger charge is -2.10. The van der Waals surface area contributed by atoms with E-state index in [2.05, 4.69) is 0 Å². The normalized spacial score (nSPS) is 12.0. The van der Waals surface area contributed by atoms with Crippen LogP contribution in [-0.2, 0) is 16.4 Å². The summed E-state index contributed by atoms with van der Waals surface area (Å²) in [5, 5.41) is 17.1. The first kappa shape index (κ1) is 11.1. The molecule has 0 fully saturated rings. The van der Waals surface area contributed by atoms with Gasteiger partial charge in [0.2, 0.25) is 0 Å². The van der Waals surface area contributed by atoms with Crippen molar-refractivity contribution in [1.82, 2.24) is 4.63 Å². The summed E-state index contributed by atoms with van der Waals surface area (Å²) in [7, 11) is -4.18. The maximum absolute atomic E-state index is 11.3. The molecule has 0 unspecified atom stereocenters. The highest BCUT2D eigenvalue weighted by molar-refractivity contribution is 7.88. The van der Waals surface area contributed by atoms with Gasteiger partial charge in [-0.25, -0.2) is 8.42 Å². The molecule has 2 N–H and O–H groups in total. The molecular formula is C8H11NO4S. The Morgan fingerprint density at radius 3 is 2.36 bits per heavy atom. The standard InChI is InChI=1S/C8H11NO4S/c1-2-7-5-3-4-6-8(7)14(12,13)9(10)11/h3-6,10-11H,2H2,1H3. The number of hydrogen-bond acceptors (Lipinski definition) is 4. The molecule has 78 valence electrons. The zero-order valence-corrected chi connectivity index (χ0v) is 8.40. The van der Waals surface area contributed by atoms with Gasteiger partial charge in [-0.1, -0.05) is 25.1 Å². The van der Waals surface area contributed by atoms with Gasteiger partial charge in [0.05, 0.1) is 9.53 Å². The van der Waals surface area contributed by atoms with Crippen LogP contribution >= 0.6 is 0 Å². The third-order valence-electron chi connectivity index (χ3n) is 1.85. The van der Waals surface area contributed by atoms with E-state index in [-0.39, 0.29) is 4.90 Å².